The average molecular weight is 298 g/mol. The van der Waals surface area contributed by atoms with Gasteiger partial charge in [0, 0.05) is 28.3 Å². The van der Waals surface area contributed by atoms with Gasteiger partial charge in [-0.1, -0.05) is 0 Å². The molecule has 9 nitrogen and oxygen atoms in total. The lowest BCUT2D eigenvalue weighted by molar-refractivity contribution is 0.0951. The molecule has 3 aromatic heterocycles. The summed E-state index contributed by atoms with van der Waals surface area (Å²) in [5.74, 6) is 0.417. The molecule has 1 aliphatic carbocycles. The first-order valence-electron chi connectivity index (χ1n) is 6.68. The largest absolute Gasteiger partial charge is 0.349 e. The topological polar surface area (TPSA) is 120 Å². The molecule has 9 heteroatoms. The van der Waals surface area contributed by atoms with Crippen molar-refractivity contribution in [3.8, 4) is 22.8 Å². The Balaban J connectivity index is 1.87. The quantitative estimate of drug-likeness (QED) is 0.759. The molecule has 0 radical (unpaired) electrons. The van der Waals surface area contributed by atoms with Gasteiger partial charge in [-0.3, -0.25) is 9.78 Å². The van der Waals surface area contributed by atoms with E-state index in [-0.39, 0.29) is 11.9 Å². The van der Waals surface area contributed by atoms with E-state index in [4.69, 9.17) is 9.05 Å². The first kappa shape index (κ1) is 12.6. The van der Waals surface area contributed by atoms with Crippen molar-refractivity contribution in [3.05, 3.63) is 30.2 Å². The number of nitrogens with one attached hydrogen (secondary N) is 1. The van der Waals surface area contributed by atoms with Crippen molar-refractivity contribution in [1.29, 1.82) is 0 Å². The predicted octanol–water partition coefficient (Wildman–Crippen LogP) is 1.07. The zero-order valence-corrected chi connectivity index (χ0v) is 11.3. The van der Waals surface area contributed by atoms with E-state index in [1.165, 1.54) is 12.4 Å². The van der Waals surface area contributed by atoms with Crippen LogP contribution in [0, 0.1) is 0 Å². The maximum atomic E-state index is 12.6. The number of pyridine rings is 1. The number of amides is 1. The summed E-state index contributed by atoms with van der Waals surface area (Å²) in [6.45, 7) is 0. The zero-order valence-electron chi connectivity index (χ0n) is 11.3. The van der Waals surface area contributed by atoms with E-state index in [1.54, 1.807) is 12.3 Å². The van der Waals surface area contributed by atoms with Gasteiger partial charge in [0.25, 0.3) is 5.91 Å². The second-order valence-corrected chi connectivity index (χ2v) is 4.89. The summed E-state index contributed by atoms with van der Waals surface area (Å²) >= 11 is 0. The SMILES string of the molecule is O=C(NC1CC1)c1c(-c2cnno2)ccnc1-c1cnno1. The molecule has 1 aliphatic rings. The summed E-state index contributed by atoms with van der Waals surface area (Å²) in [5.41, 5.74) is 1.20. The molecule has 0 saturated heterocycles. The molecule has 1 fully saturated rings. The van der Waals surface area contributed by atoms with Crippen LogP contribution in [0.2, 0.25) is 0 Å². The van der Waals surface area contributed by atoms with E-state index in [1.807, 2.05) is 0 Å². The highest BCUT2D eigenvalue weighted by Crippen LogP contribution is 2.31. The summed E-state index contributed by atoms with van der Waals surface area (Å²) < 4.78 is 10.1. The molecular formula is C13H10N6O3. The molecule has 0 atom stereocenters. The summed E-state index contributed by atoms with van der Waals surface area (Å²) in [7, 11) is 0. The number of carbonyl (C=O) groups excluding carboxylic acids is 1. The summed E-state index contributed by atoms with van der Waals surface area (Å²) in [6.07, 6.45) is 6.34. The molecule has 1 amide bonds. The second-order valence-electron chi connectivity index (χ2n) is 4.89. The Hall–Kier alpha value is -3.10. The van der Waals surface area contributed by atoms with Crippen molar-refractivity contribution >= 4 is 5.91 Å². The minimum absolute atomic E-state index is 0.203. The highest BCUT2D eigenvalue weighted by molar-refractivity contribution is 6.05. The zero-order chi connectivity index (χ0) is 14.9. The standard InChI is InChI=1S/C13H10N6O3/c20-13(17-7-1-2-7)11-8(9-5-15-18-21-9)3-4-14-12(11)10-6-16-19-22-10/h3-7H,1-2H2,(H,17,20). The monoisotopic (exact) mass is 298 g/mol. The highest BCUT2D eigenvalue weighted by Gasteiger charge is 2.29. The van der Waals surface area contributed by atoms with E-state index in [0.29, 0.717) is 28.3 Å². The third kappa shape index (κ3) is 2.22. The first-order valence-corrected chi connectivity index (χ1v) is 6.68. The van der Waals surface area contributed by atoms with Crippen LogP contribution in [0.4, 0.5) is 0 Å². The lowest BCUT2D eigenvalue weighted by Gasteiger charge is -2.10. The van der Waals surface area contributed by atoms with Gasteiger partial charge in [-0.05, 0) is 18.9 Å². The van der Waals surface area contributed by atoms with Gasteiger partial charge in [0.2, 0.25) is 5.76 Å². The Kier molecular flexibility index (Phi) is 2.88. The van der Waals surface area contributed by atoms with E-state index in [9.17, 15) is 4.79 Å². The van der Waals surface area contributed by atoms with Gasteiger partial charge in [0.1, 0.15) is 11.9 Å². The third-order valence-corrected chi connectivity index (χ3v) is 3.31. The fourth-order valence-corrected chi connectivity index (χ4v) is 2.13. The Bertz CT molecular complexity index is 743. The average Bonchev–Trinajstić information content (AvgIpc) is 3.02. The van der Waals surface area contributed by atoms with Gasteiger partial charge in [0.15, 0.2) is 5.76 Å². The van der Waals surface area contributed by atoms with E-state index in [0.717, 1.165) is 12.8 Å². The number of carbonyl (C=O) groups is 1. The summed E-state index contributed by atoms with van der Waals surface area (Å²) in [6, 6.07) is 1.87. The van der Waals surface area contributed by atoms with Crippen LogP contribution in [0.25, 0.3) is 22.8 Å². The smallest absolute Gasteiger partial charge is 0.254 e. The molecule has 110 valence electrons. The van der Waals surface area contributed by atoms with Crippen molar-refractivity contribution in [2.24, 2.45) is 0 Å². The van der Waals surface area contributed by atoms with E-state index >= 15 is 0 Å². The molecule has 0 bridgehead atoms. The molecule has 3 aromatic rings. The fourth-order valence-electron chi connectivity index (χ4n) is 2.13. The normalized spacial score (nSPS) is 14.0. The van der Waals surface area contributed by atoms with Gasteiger partial charge in [0.05, 0.1) is 11.8 Å². The van der Waals surface area contributed by atoms with Crippen LogP contribution in [0.5, 0.6) is 0 Å². The number of aromatic nitrogens is 5. The maximum absolute atomic E-state index is 12.6. The summed E-state index contributed by atoms with van der Waals surface area (Å²) in [4.78, 5) is 16.8. The number of hydrogen-bond donors (Lipinski definition) is 1. The van der Waals surface area contributed by atoms with Gasteiger partial charge in [-0.2, -0.15) is 0 Å². The van der Waals surface area contributed by atoms with Gasteiger partial charge in [-0.25, -0.2) is 0 Å². The second kappa shape index (κ2) is 5.02. The van der Waals surface area contributed by atoms with Crippen LogP contribution < -0.4 is 5.32 Å². The summed E-state index contributed by atoms with van der Waals surface area (Å²) in [5, 5.41) is 17.1. The Labute approximate surface area is 123 Å². The van der Waals surface area contributed by atoms with Crippen molar-refractivity contribution in [2.45, 2.75) is 18.9 Å². The van der Waals surface area contributed by atoms with Crippen LogP contribution in [0.1, 0.15) is 23.2 Å². The molecule has 1 N–H and O–H groups in total. The molecule has 0 aliphatic heterocycles. The highest BCUT2D eigenvalue weighted by atomic mass is 16.5. The molecule has 4 rings (SSSR count). The van der Waals surface area contributed by atoms with Crippen LogP contribution in [-0.4, -0.2) is 37.7 Å². The number of rotatable bonds is 4. The lowest BCUT2D eigenvalue weighted by atomic mass is 10.0. The van der Waals surface area contributed by atoms with E-state index < -0.39 is 0 Å². The van der Waals surface area contributed by atoms with Crippen LogP contribution in [0.15, 0.2) is 33.7 Å². The Morgan fingerprint density at radius 2 is 1.86 bits per heavy atom. The predicted molar refractivity (Wildman–Crippen MR) is 71.3 cm³/mol. The van der Waals surface area contributed by atoms with Crippen LogP contribution >= 0.6 is 0 Å². The minimum atomic E-state index is -0.256. The third-order valence-electron chi connectivity index (χ3n) is 3.31. The number of nitrogens with zero attached hydrogens (tertiary/aromatic N) is 5. The lowest BCUT2D eigenvalue weighted by Crippen LogP contribution is -2.26. The van der Waals surface area contributed by atoms with Gasteiger partial charge in [-0.15, -0.1) is 10.2 Å². The molecule has 0 unspecified atom stereocenters. The maximum Gasteiger partial charge on any atom is 0.254 e. The Morgan fingerprint density at radius 3 is 2.50 bits per heavy atom. The van der Waals surface area contributed by atoms with Gasteiger partial charge >= 0.3 is 0 Å². The van der Waals surface area contributed by atoms with Crippen LogP contribution in [-0.2, 0) is 0 Å². The van der Waals surface area contributed by atoms with Crippen molar-refractivity contribution in [2.75, 3.05) is 0 Å². The first-order chi connectivity index (χ1) is 10.8. The van der Waals surface area contributed by atoms with Crippen molar-refractivity contribution in [1.82, 2.24) is 31.0 Å². The molecular weight excluding hydrogens is 288 g/mol. The molecule has 22 heavy (non-hydrogen) atoms. The Morgan fingerprint density at radius 1 is 1.14 bits per heavy atom. The van der Waals surface area contributed by atoms with Crippen LogP contribution in [0.3, 0.4) is 0 Å². The van der Waals surface area contributed by atoms with Gasteiger partial charge < -0.3 is 14.4 Å². The molecule has 1 saturated carbocycles. The van der Waals surface area contributed by atoms with E-state index in [2.05, 4.69) is 31.0 Å². The van der Waals surface area contributed by atoms with Crippen molar-refractivity contribution < 1.29 is 13.8 Å². The number of hydrogen-bond acceptors (Lipinski definition) is 8. The fraction of sp³-hybridized carbons (Fsp3) is 0.231. The minimum Gasteiger partial charge on any atom is -0.349 e. The molecule has 0 aromatic carbocycles. The molecule has 3 heterocycles. The molecule has 0 spiro atoms. The van der Waals surface area contributed by atoms with Crippen molar-refractivity contribution in [3.63, 3.8) is 0 Å².